The Balaban J connectivity index is 3.02. The third-order valence-corrected chi connectivity index (χ3v) is 2.22. The summed E-state index contributed by atoms with van der Waals surface area (Å²) in [5.41, 5.74) is 1.91. The number of carbonyl (C=O) groups is 1. The minimum atomic E-state index is -2.87. The second-order valence-electron chi connectivity index (χ2n) is 3.48. The number of hydrogen-bond acceptors (Lipinski definition) is 2. The molecular weight excluding hydrogens is 218 g/mol. The van der Waals surface area contributed by atoms with Crippen LogP contribution in [0.25, 0.3) is 0 Å². The van der Waals surface area contributed by atoms with E-state index in [1.54, 1.807) is 13.8 Å². The van der Waals surface area contributed by atoms with Gasteiger partial charge in [-0.3, -0.25) is 4.79 Å². The lowest BCUT2D eigenvalue weighted by Crippen LogP contribution is -2.07. The quantitative estimate of drug-likeness (QED) is 0.864. The molecular formula is C11H12F2O3. The smallest absolute Gasteiger partial charge is 0.387 e. The molecule has 0 aliphatic heterocycles. The van der Waals surface area contributed by atoms with E-state index < -0.39 is 12.6 Å². The summed E-state index contributed by atoms with van der Waals surface area (Å²) in [4.78, 5) is 10.6. The van der Waals surface area contributed by atoms with E-state index in [9.17, 15) is 13.6 Å². The van der Waals surface area contributed by atoms with Gasteiger partial charge in [-0.05, 0) is 42.7 Å². The number of aliphatic carboxylic acids is 1. The fourth-order valence-electron chi connectivity index (χ4n) is 1.55. The first-order valence-corrected chi connectivity index (χ1v) is 4.67. The summed E-state index contributed by atoms with van der Waals surface area (Å²) >= 11 is 0. The van der Waals surface area contributed by atoms with Crippen molar-refractivity contribution in [2.24, 2.45) is 0 Å². The van der Waals surface area contributed by atoms with Crippen molar-refractivity contribution in [3.05, 3.63) is 28.8 Å². The number of ether oxygens (including phenoxy) is 1. The molecule has 1 rings (SSSR count). The zero-order chi connectivity index (χ0) is 12.3. The summed E-state index contributed by atoms with van der Waals surface area (Å²) in [7, 11) is 0. The monoisotopic (exact) mass is 230 g/mol. The Kier molecular flexibility index (Phi) is 3.82. The molecule has 1 aromatic rings. The Bertz CT molecular complexity index is 379. The first kappa shape index (κ1) is 12.4. The van der Waals surface area contributed by atoms with Crippen LogP contribution < -0.4 is 4.74 Å². The van der Waals surface area contributed by atoms with Crippen LogP contribution in [0.3, 0.4) is 0 Å². The van der Waals surface area contributed by atoms with Gasteiger partial charge in [-0.1, -0.05) is 0 Å². The van der Waals surface area contributed by atoms with Crippen LogP contribution in [-0.2, 0) is 11.2 Å². The molecule has 3 nitrogen and oxygen atoms in total. The van der Waals surface area contributed by atoms with Gasteiger partial charge in [0.15, 0.2) is 0 Å². The highest BCUT2D eigenvalue weighted by Crippen LogP contribution is 2.23. The maximum absolute atomic E-state index is 12.0. The molecule has 16 heavy (non-hydrogen) atoms. The minimum absolute atomic E-state index is 0.0548. The normalized spacial score (nSPS) is 10.6. The van der Waals surface area contributed by atoms with Crippen LogP contribution >= 0.6 is 0 Å². The molecule has 0 aliphatic carbocycles. The van der Waals surface area contributed by atoms with Crippen molar-refractivity contribution in [2.75, 3.05) is 0 Å². The summed E-state index contributed by atoms with van der Waals surface area (Å²) in [6.45, 7) is 0.469. The van der Waals surface area contributed by atoms with Crippen LogP contribution in [0.2, 0.25) is 0 Å². The topological polar surface area (TPSA) is 46.5 Å². The Morgan fingerprint density at radius 3 is 2.25 bits per heavy atom. The van der Waals surface area contributed by atoms with Crippen molar-refractivity contribution in [2.45, 2.75) is 26.9 Å². The molecule has 88 valence electrons. The lowest BCUT2D eigenvalue weighted by molar-refractivity contribution is -0.136. The molecule has 0 radical (unpaired) electrons. The Morgan fingerprint density at radius 2 is 1.88 bits per heavy atom. The predicted octanol–water partition coefficient (Wildman–Crippen LogP) is 2.53. The van der Waals surface area contributed by atoms with Crippen molar-refractivity contribution in [1.29, 1.82) is 0 Å². The lowest BCUT2D eigenvalue weighted by atomic mass is 10.00. The predicted molar refractivity (Wildman–Crippen MR) is 53.9 cm³/mol. The Labute approximate surface area is 91.7 Å². The van der Waals surface area contributed by atoms with E-state index in [0.29, 0.717) is 16.7 Å². The first-order chi connectivity index (χ1) is 7.40. The number of aryl methyl sites for hydroxylation is 2. The van der Waals surface area contributed by atoms with Crippen LogP contribution in [0.1, 0.15) is 16.7 Å². The van der Waals surface area contributed by atoms with E-state index >= 15 is 0 Å². The second kappa shape index (κ2) is 4.92. The third kappa shape index (κ3) is 3.18. The van der Waals surface area contributed by atoms with Gasteiger partial charge in [-0.15, -0.1) is 0 Å². The van der Waals surface area contributed by atoms with Crippen LogP contribution in [0, 0.1) is 13.8 Å². The van der Waals surface area contributed by atoms with Gasteiger partial charge in [0, 0.05) is 0 Å². The van der Waals surface area contributed by atoms with Crippen molar-refractivity contribution >= 4 is 5.97 Å². The molecule has 0 aromatic heterocycles. The molecule has 0 heterocycles. The fraction of sp³-hybridized carbons (Fsp3) is 0.364. The van der Waals surface area contributed by atoms with Gasteiger partial charge < -0.3 is 9.84 Å². The van der Waals surface area contributed by atoms with E-state index in [1.165, 1.54) is 12.1 Å². The maximum atomic E-state index is 12.0. The molecule has 0 aliphatic rings. The fourth-order valence-corrected chi connectivity index (χ4v) is 1.55. The number of carboxylic acid groups (broad SMARTS) is 1. The van der Waals surface area contributed by atoms with Crippen LogP contribution in [-0.4, -0.2) is 17.7 Å². The molecule has 1 aromatic carbocycles. The zero-order valence-electron chi connectivity index (χ0n) is 8.96. The highest BCUT2D eigenvalue weighted by atomic mass is 19.3. The largest absolute Gasteiger partial charge is 0.481 e. The van der Waals surface area contributed by atoms with Gasteiger partial charge in [-0.25, -0.2) is 0 Å². The average Bonchev–Trinajstić information content (AvgIpc) is 2.10. The summed E-state index contributed by atoms with van der Waals surface area (Å²) in [6.07, 6.45) is -0.118. The molecule has 0 saturated heterocycles. The summed E-state index contributed by atoms with van der Waals surface area (Å²) < 4.78 is 28.2. The Hall–Kier alpha value is -1.65. The molecule has 0 saturated carbocycles. The van der Waals surface area contributed by atoms with E-state index in [4.69, 9.17) is 5.11 Å². The molecule has 0 spiro atoms. The molecule has 5 heteroatoms. The summed E-state index contributed by atoms with van der Waals surface area (Å²) in [5, 5.41) is 8.68. The van der Waals surface area contributed by atoms with Crippen molar-refractivity contribution < 1.29 is 23.4 Å². The van der Waals surface area contributed by atoms with Crippen molar-refractivity contribution in [3.8, 4) is 5.75 Å². The van der Waals surface area contributed by atoms with Crippen molar-refractivity contribution in [1.82, 2.24) is 0 Å². The van der Waals surface area contributed by atoms with Crippen LogP contribution in [0.15, 0.2) is 12.1 Å². The lowest BCUT2D eigenvalue weighted by Gasteiger charge is -2.11. The van der Waals surface area contributed by atoms with E-state index in [1.807, 2.05) is 0 Å². The molecule has 0 atom stereocenters. The molecule has 0 unspecified atom stereocenters. The SMILES string of the molecule is Cc1cc(OC(F)F)cc(C)c1CC(=O)O. The molecule has 0 bridgehead atoms. The van der Waals surface area contributed by atoms with E-state index in [0.717, 1.165) is 0 Å². The Morgan fingerprint density at radius 1 is 1.38 bits per heavy atom. The first-order valence-electron chi connectivity index (χ1n) is 4.67. The van der Waals surface area contributed by atoms with E-state index in [-0.39, 0.29) is 12.2 Å². The zero-order valence-corrected chi connectivity index (χ0v) is 8.96. The third-order valence-electron chi connectivity index (χ3n) is 2.22. The van der Waals surface area contributed by atoms with Crippen LogP contribution in [0.4, 0.5) is 8.78 Å². The second-order valence-corrected chi connectivity index (χ2v) is 3.48. The van der Waals surface area contributed by atoms with Gasteiger partial charge in [0.05, 0.1) is 6.42 Å². The molecule has 0 amide bonds. The number of hydrogen-bond donors (Lipinski definition) is 1. The van der Waals surface area contributed by atoms with E-state index in [2.05, 4.69) is 4.74 Å². The molecule has 1 N–H and O–H groups in total. The minimum Gasteiger partial charge on any atom is -0.481 e. The molecule has 0 fully saturated rings. The van der Waals surface area contributed by atoms with Gasteiger partial charge >= 0.3 is 12.6 Å². The summed E-state index contributed by atoms with van der Waals surface area (Å²) in [5.74, 6) is -0.895. The van der Waals surface area contributed by atoms with Gasteiger partial charge in [0.1, 0.15) is 5.75 Å². The van der Waals surface area contributed by atoms with Gasteiger partial charge in [-0.2, -0.15) is 8.78 Å². The number of benzene rings is 1. The highest BCUT2D eigenvalue weighted by Gasteiger charge is 2.11. The van der Waals surface area contributed by atoms with Gasteiger partial charge in [0.25, 0.3) is 0 Å². The number of carboxylic acids is 1. The summed E-state index contributed by atoms with van der Waals surface area (Å²) in [6, 6.07) is 2.83. The van der Waals surface area contributed by atoms with Gasteiger partial charge in [0.2, 0.25) is 0 Å². The standard InChI is InChI=1S/C11H12F2O3/c1-6-3-8(16-11(12)13)4-7(2)9(6)5-10(14)15/h3-4,11H,5H2,1-2H3,(H,14,15). The van der Waals surface area contributed by atoms with Crippen molar-refractivity contribution in [3.63, 3.8) is 0 Å². The number of rotatable bonds is 4. The number of alkyl halides is 2. The highest BCUT2D eigenvalue weighted by molar-refractivity contribution is 5.71. The van der Waals surface area contributed by atoms with Crippen LogP contribution in [0.5, 0.6) is 5.75 Å². The average molecular weight is 230 g/mol. The maximum Gasteiger partial charge on any atom is 0.387 e. The number of halogens is 2.